The Hall–Kier alpha value is -0.130. The van der Waals surface area contributed by atoms with Gasteiger partial charge in [0.1, 0.15) is 0 Å². The quantitative estimate of drug-likeness (QED) is 0.137. The van der Waals surface area contributed by atoms with E-state index in [1.165, 1.54) is 64.2 Å². The average molecular weight is 435 g/mol. The maximum absolute atomic E-state index is 11.6. The molecule has 0 heterocycles. The van der Waals surface area contributed by atoms with E-state index in [4.69, 9.17) is 0 Å². The molecule has 0 radical (unpaired) electrons. The number of hydrogen-bond acceptors (Lipinski definition) is 3. The zero-order chi connectivity index (χ0) is 21.8. The Kier molecular flexibility index (Phi) is 19.7. The fourth-order valence-corrected chi connectivity index (χ4v) is 4.93. The Labute approximate surface area is 182 Å². The minimum absolute atomic E-state index is 0.266. The van der Waals surface area contributed by atoms with Gasteiger partial charge in [0.15, 0.2) is 0 Å². The molecule has 2 N–H and O–H groups in total. The molecule has 2 atom stereocenters. The van der Waals surface area contributed by atoms with Crippen LogP contribution in [0.4, 0.5) is 0 Å². The van der Waals surface area contributed by atoms with Crippen LogP contribution in [0.25, 0.3) is 0 Å². The van der Waals surface area contributed by atoms with Gasteiger partial charge in [0.25, 0.3) is 10.1 Å². The van der Waals surface area contributed by atoms with Crippen LogP contribution in [0.5, 0.6) is 0 Å². The monoisotopic (exact) mass is 434 g/mol. The van der Waals surface area contributed by atoms with Gasteiger partial charge in [-0.25, -0.2) is 0 Å². The molecule has 0 aromatic heterocycles. The summed E-state index contributed by atoms with van der Waals surface area (Å²) in [7, 11) is -3.95. The van der Waals surface area contributed by atoms with E-state index in [1.807, 2.05) is 0 Å². The zero-order valence-corrected chi connectivity index (χ0v) is 20.2. The largest absolute Gasteiger partial charge is 0.393 e. The third-order valence-corrected chi connectivity index (χ3v) is 7.32. The Morgan fingerprint density at radius 3 is 1.28 bits per heavy atom. The Morgan fingerprint density at radius 2 is 0.862 bits per heavy atom. The summed E-state index contributed by atoms with van der Waals surface area (Å²) >= 11 is 0. The maximum atomic E-state index is 11.6. The molecule has 0 saturated heterocycles. The van der Waals surface area contributed by atoms with Crippen molar-refractivity contribution in [3.63, 3.8) is 0 Å². The second kappa shape index (κ2) is 19.8. The highest BCUT2D eigenvalue weighted by atomic mass is 32.2. The molecule has 0 aromatic rings. The van der Waals surface area contributed by atoms with E-state index in [2.05, 4.69) is 13.8 Å². The van der Waals surface area contributed by atoms with Crippen molar-refractivity contribution in [3.8, 4) is 0 Å². The summed E-state index contributed by atoms with van der Waals surface area (Å²) in [4.78, 5) is 0. The fourth-order valence-electron chi connectivity index (χ4n) is 4.00. The Balaban J connectivity index is 3.74. The Bertz CT molecular complexity index is 436. The highest BCUT2D eigenvalue weighted by molar-refractivity contribution is 7.86. The molecule has 5 heteroatoms. The van der Waals surface area contributed by atoms with Crippen molar-refractivity contribution < 1.29 is 18.1 Å². The van der Waals surface area contributed by atoms with Crippen molar-refractivity contribution in [1.29, 1.82) is 0 Å². The second-order valence-corrected chi connectivity index (χ2v) is 10.6. The van der Waals surface area contributed by atoms with Crippen molar-refractivity contribution in [2.45, 2.75) is 154 Å². The first-order valence-corrected chi connectivity index (χ1v) is 14.1. The van der Waals surface area contributed by atoms with Crippen LogP contribution in [0.15, 0.2) is 0 Å². The van der Waals surface area contributed by atoms with E-state index in [0.29, 0.717) is 12.8 Å². The molecule has 0 aromatic carbocycles. The molecule has 0 amide bonds. The standard InChI is InChI=1S/C24H50O4S/c1-3-5-7-9-11-12-13-15-19-23(25)20-17-18-22-24(29(26,27)28)21-16-14-10-8-6-4-2/h23-25H,3-22H2,1-2H3,(H,26,27,28). The van der Waals surface area contributed by atoms with Gasteiger partial charge >= 0.3 is 0 Å². The van der Waals surface area contributed by atoms with Crippen LogP contribution in [0, 0.1) is 0 Å². The molecule has 0 aliphatic carbocycles. The second-order valence-electron chi connectivity index (χ2n) is 8.90. The van der Waals surface area contributed by atoms with Gasteiger partial charge in [-0.15, -0.1) is 0 Å². The number of hydrogen-bond donors (Lipinski definition) is 2. The third kappa shape index (κ3) is 19.6. The van der Waals surface area contributed by atoms with Crippen LogP contribution >= 0.6 is 0 Å². The van der Waals surface area contributed by atoms with Crippen molar-refractivity contribution in [2.24, 2.45) is 0 Å². The van der Waals surface area contributed by atoms with E-state index in [-0.39, 0.29) is 6.10 Å². The van der Waals surface area contributed by atoms with Crippen LogP contribution in [0.3, 0.4) is 0 Å². The van der Waals surface area contributed by atoms with Crippen LogP contribution in [0.2, 0.25) is 0 Å². The molecule has 4 nitrogen and oxygen atoms in total. The smallest absolute Gasteiger partial charge is 0.267 e. The van der Waals surface area contributed by atoms with Crippen molar-refractivity contribution in [1.82, 2.24) is 0 Å². The van der Waals surface area contributed by atoms with Gasteiger partial charge in [-0.2, -0.15) is 8.42 Å². The lowest BCUT2D eigenvalue weighted by molar-refractivity contribution is 0.147. The van der Waals surface area contributed by atoms with Gasteiger partial charge in [0.2, 0.25) is 0 Å². The van der Waals surface area contributed by atoms with E-state index in [1.54, 1.807) is 0 Å². The topological polar surface area (TPSA) is 74.6 Å². The van der Waals surface area contributed by atoms with Crippen LogP contribution in [0.1, 0.15) is 142 Å². The maximum Gasteiger partial charge on any atom is 0.267 e. The molecule has 0 spiro atoms. The average Bonchev–Trinajstić information content (AvgIpc) is 2.67. The summed E-state index contributed by atoms with van der Waals surface area (Å²) in [5.41, 5.74) is 0. The molecule has 0 aliphatic rings. The minimum atomic E-state index is -3.95. The van der Waals surface area contributed by atoms with E-state index in [9.17, 15) is 18.1 Å². The molecular weight excluding hydrogens is 384 g/mol. The van der Waals surface area contributed by atoms with Crippen molar-refractivity contribution >= 4 is 10.1 Å². The molecular formula is C24H50O4S. The third-order valence-electron chi connectivity index (χ3n) is 6.01. The van der Waals surface area contributed by atoms with Gasteiger partial charge in [-0.05, 0) is 25.7 Å². The van der Waals surface area contributed by atoms with Crippen LogP contribution < -0.4 is 0 Å². The molecule has 29 heavy (non-hydrogen) atoms. The molecule has 2 unspecified atom stereocenters. The predicted octanol–water partition coefficient (Wildman–Crippen LogP) is 7.45. The number of rotatable bonds is 22. The van der Waals surface area contributed by atoms with E-state index in [0.717, 1.165) is 51.4 Å². The zero-order valence-electron chi connectivity index (χ0n) is 19.4. The lowest BCUT2D eigenvalue weighted by atomic mass is 10.0. The van der Waals surface area contributed by atoms with Crippen molar-refractivity contribution in [2.75, 3.05) is 0 Å². The summed E-state index contributed by atoms with van der Waals surface area (Å²) < 4.78 is 32.7. The number of aliphatic hydroxyl groups is 1. The van der Waals surface area contributed by atoms with Gasteiger partial charge in [0.05, 0.1) is 11.4 Å². The highest BCUT2D eigenvalue weighted by Crippen LogP contribution is 2.20. The number of unbranched alkanes of at least 4 members (excludes halogenated alkanes) is 13. The molecule has 0 fully saturated rings. The molecule has 176 valence electrons. The van der Waals surface area contributed by atoms with E-state index < -0.39 is 15.4 Å². The van der Waals surface area contributed by atoms with Gasteiger partial charge < -0.3 is 5.11 Å². The van der Waals surface area contributed by atoms with Gasteiger partial charge in [-0.3, -0.25) is 4.55 Å². The summed E-state index contributed by atoms with van der Waals surface area (Å²) in [6.45, 7) is 4.42. The molecule has 0 bridgehead atoms. The molecule has 0 saturated carbocycles. The highest BCUT2D eigenvalue weighted by Gasteiger charge is 2.22. The van der Waals surface area contributed by atoms with Crippen LogP contribution in [-0.2, 0) is 10.1 Å². The van der Waals surface area contributed by atoms with Gasteiger partial charge in [0, 0.05) is 0 Å². The summed E-state index contributed by atoms with van der Waals surface area (Å²) in [6, 6.07) is 0. The first-order valence-electron chi connectivity index (χ1n) is 12.6. The fraction of sp³-hybridized carbons (Fsp3) is 1.00. The predicted molar refractivity (Wildman–Crippen MR) is 125 cm³/mol. The van der Waals surface area contributed by atoms with Crippen molar-refractivity contribution in [3.05, 3.63) is 0 Å². The summed E-state index contributed by atoms with van der Waals surface area (Å²) in [5.74, 6) is 0. The lowest BCUT2D eigenvalue weighted by Gasteiger charge is -2.15. The number of aliphatic hydroxyl groups excluding tert-OH is 1. The SMILES string of the molecule is CCCCCCCCCCC(O)CCCCC(CCCCCCCC)S(=O)(=O)O. The lowest BCUT2D eigenvalue weighted by Crippen LogP contribution is -2.20. The summed E-state index contributed by atoms with van der Waals surface area (Å²) in [5, 5.41) is 9.50. The molecule has 0 aliphatic heterocycles. The van der Waals surface area contributed by atoms with Crippen LogP contribution in [-0.4, -0.2) is 29.4 Å². The van der Waals surface area contributed by atoms with Gasteiger partial charge in [-0.1, -0.05) is 117 Å². The summed E-state index contributed by atoms with van der Waals surface area (Å²) in [6.07, 6.45) is 20.9. The Morgan fingerprint density at radius 1 is 0.552 bits per heavy atom. The minimum Gasteiger partial charge on any atom is -0.393 e. The first kappa shape index (κ1) is 28.9. The first-order chi connectivity index (χ1) is 13.9. The molecule has 0 rings (SSSR count). The van der Waals surface area contributed by atoms with E-state index >= 15 is 0 Å². The normalized spacial score (nSPS) is 14.2.